The number of halogens is 2. The van der Waals surface area contributed by atoms with Gasteiger partial charge in [-0.1, -0.05) is 31.5 Å². The Kier molecular flexibility index (Phi) is 4.80. The van der Waals surface area contributed by atoms with Gasteiger partial charge >= 0.3 is 0 Å². The molecule has 0 spiro atoms. The van der Waals surface area contributed by atoms with Gasteiger partial charge < -0.3 is 5.32 Å². The fourth-order valence-corrected chi connectivity index (χ4v) is 2.72. The summed E-state index contributed by atoms with van der Waals surface area (Å²) in [5.41, 5.74) is 3.93. The van der Waals surface area contributed by atoms with Crippen LogP contribution in [0.5, 0.6) is 0 Å². The zero-order valence-corrected chi connectivity index (χ0v) is 11.8. The number of rotatable bonds is 2. The van der Waals surface area contributed by atoms with E-state index in [0.717, 1.165) is 30.0 Å². The lowest BCUT2D eigenvalue weighted by Gasteiger charge is -2.34. The van der Waals surface area contributed by atoms with E-state index in [1.807, 2.05) is 6.07 Å². The quantitative estimate of drug-likeness (QED) is 0.635. The third-order valence-corrected chi connectivity index (χ3v) is 3.89. The molecule has 0 unspecified atom stereocenters. The molecule has 4 heteroatoms. The Bertz CT molecular complexity index is 405. The molecule has 91 valence electrons. The summed E-state index contributed by atoms with van der Waals surface area (Å²) >= 11 is 12.0. The molecular formula is C13H17BCl2N. The van der Waals surface area contributed by atoms with Crippen LogP contribution in [0.3, 0.4) is 0 Å². The number of anilines is 1. The standard InChI is InChI=1S/C13H17Cl2N.B/c1-13(2)4-6-16-12-8-11(15)9(3-5-14)7-10(12)13;/h7-8,16H,3-6H2,1-2H3;. The molecule has 1 aromatic carbocycles. The van der Waals surface area contributed by atoms with E-state index in [1.165, 1.54) is 11.3 Å². The SMILES string of the molecule is CC1(C)CCNc2cc(Cl)c(CCCl)cc21.[B]. The van der Waals surface area contributed by atoms with Gasteiger partial charge in [0.1, 0.15) is 0 Å². The molecule has 0 amide bonds. The predicted octanol–water partition coefficient (Wildman–Crippen LogP) is 3.83. The number of aryl methyl sites for hydroxylation is 1. The topological polar surface area (TPSA) is 12.0 Å². The van der Waals surface area contributed by atoms with Gasteiger partial charge in [-0.15, -0.1) is 11.6 Å². The van der Waals surface area contributed by atoms with E-state index in [1.54, 1.807) is 0 Å². The molecule has 1 heterocycles. The normalized spacial score (nSPS) is 16.7. The van der Waals surface area contributed by atoms with Crippen molar-refractivity contribution in [2.75, 3.05) is 17.7 Å². The van der Waals surface area contributed by atoms with Gasteiger partial charge in [0, 0.05) is 31.5 Å². The molecular weight excluding hydrogens is 252 g/mol. The van der Waals surface area contributed by atoms with Crippen LogP contribution < -0.4 is 5.32 Å². The van der Waals surface area contributed by atoms with E-state index in [9.17, 15) is 0 Å². The summed E-state index contributed by atoms with van der Waals surface area (Å²) in [6.45, 7) is 5.58. The summed E-state index contributed by atoms with van der Waals surface area (Å²) in [7, 11) is 0. The van der Waals surface area contributed by atoms with Gasteiger partial charge in [0.25, 0.3) is 0 Å². The molecule has 17 heavy (non-hydrogen) atoms. The van der Waals surface area contributed by atoms with Gasteiger partial charge in [0.15, 0.2) is 0 Å². The predicted molar refractivity (Wildman–Crippen MR) is 77.8 cm³/mol. The number of hydrogen-bond acceptors (Lipinski definition) is 1. The monoisotopic (exact) mass is 268 g/mol. The van der Waals surface area contributed by atoms with Crippen molar-refractivity contribution < 1.29 is 0 Å². The number of alkyl halides is 1. The molecule has 3 radical (unpaired) electrons. The largest absolute Gasteiger partial charge is 0.385 e. The molecule has 1 aliphatic heterocycles. The van der Waals surface area contributed by atoms with Gasteiger partial charge in [-0.2, -0.15) is 0 Å². The van der Waals surface area contributed by atoms with Crippen molar-refractivity contribution in [1.82, 2.24) is 0 Å². The summed E-state index contributed by atoms with van der Waals surface area (Å²) in [5, 5.41) is 4.23. The van der Waals surface area contributed by atoms with Crippen LogP contribution in [-0.2, 0) is 11.8 Å². The number of nitrogens with one attached hydrogen (secondary N) is 1. The first-order valence-corrected chi connectivity index (χ1v) is 6.58. The Balaban J connectivity index is 0.00000144. The smallest absolute Gasteiger partial charge is 0.0459 e. The molecule has 0 saturated heterocycles. The minimum absolute atomic E-state index is 0. The van der Waals surface area contributed by atoms with Crippen molar-refractivity contribution in [2.45, 2.75) is 32.1 Å². The molecule has 0 bridgehead atoms. The Labute approximate surface area is 115 Å². The summed E-state index contributed by atoms with van der Waals surface area (Å²) in [6.07, 6.45) is 1.99. The number of fused-ring (bicyclic) bond motifs is 1. The molecule has 1 nitrogen and oxygen atoms in total. The molecule has 0 aromatic heterocycles. The van der Waals surface area contributed by atoms with Crippen LogP contribution in [0.1, 0.15) is 31.4 Å². The van der Waals surface area contributed by atoms with Crippen LogP contribution >= 0.6 is 23.2 Å². The highest BCUT2D eigenvalue weighted by molar-refractivity contribution is 6.31. The minimum atomic E-state index is 0. The van der Waals surface area contributed by atoms with Gasteiger partial charge in [0.05, 0.1) is 0 Å². The third kappa shape index (κ3) is 2.92. The first kappa shape index (κ1) is 14.7. The summed E-state index contributed by atoms with van der Waals surface area (Å²) in [6, 6.07) is 4.26. The van der Waals surface area contributed by atoms with Crippen molar-refractivity contribution in [3.8, 4) is 0 Å². The lowest BCUT2D eigenvalue weighted by molar-refractivity contribution is 0.481. The van der Waals surface area contributed by atoms with E-state index in [2.05, 4.69) is 25.2 Å². The van der Waals surface area contributed by atoms with Crippen molar-refractivity contribution >= 4 is 37.3 Å². The van der Waals surface area contributed by atoms with Crippen LogP contribution in [-0.4, -0.2) is 20.8 Å². The van der Waals surface area contributed by atoms with Crippen LogP contribution in [0, 0.1) is 0 Å². The Morgan fingerprint density at radius 3 is 2.71 bits per heavy atom. The molecule has 1 aliphatic rings. The van der Waals surface area contributed by atoms with Crippen LogP contribution in [0.4, 0.5) is 5.69 Å². The van der Waals surface area contributed by atoms with Gasteiger partial charge in [-0.25, -0.2) is 0 Å². The van der Waals surface area contributed by atoms with Gasteiger partial charge in [-0.05, 0) is 35.4 Å². The number of hydrogen-bond donors (Lipinski definition) is 1. The van der Waals surface area contributed by atoms with E-state index in [-0.39, 0.29) is 13.8 Å². The van der Waals surface area contributed by atoms with E-state index in [4.69, 9.17) is 23.2 Å². The molecule has 0 atom stereocenters. The van der Waals surface area contributed by atoms with Crippen LogP contribution in [0.15, 0.2) is 12.1 Å². The first-order chi connectivity index (χ1) is 7.54. The second-order valence-corrected chi connectivity index (χ2v) is 5.77. The van der Waals surface area contributed by atoms with Crippen LogP contribution in [0.2, 0.25) is 5.02 Å². The maximum absolute atomic E-state index is 6.23. The average Bonchev–Trinajstić information content (AvgIpc) is 2.20. The van der Waals surface area contributed by atoms with Crippen molar-refractivity contribution in [3.63, 3.8) is 0 Å². The molecule has 1 aromatic rings. The lowest BCUT2D eigenvalue weighted by Crippen LogP contribution is -2.28. The molecule has 2 rings (SSSR count). The molecule has 0 saturated carbocycles. The summed E-state index contributed by atoms with van der Waals surface area (Å²) < 4.78 is 0. The van der Waals surface area contributed by atoms with Crippen LogP contribution in [0.25, 0.3) is 0 Å². The van der Waals surface area contributed by atoms with Gasteiger partial charge in [-0.3, -0.25) is 0 Å². The first-order valence-electron chi connectivity index (χ1n) is 5.67. The van der Waals surface area contributed by atoms with E-state index < -0.39 is 0 Å². The molecule has 0 aliphatic carbocycles. The fraction of sp³-hybridized carbons (Fsp3) is 0.538. The Hall–Kier alpha value is -0.335. The fourth-order valence-electron chi connectivity index (χ4n) is 2.26. The zero-order valence-electron chi connectivity index (χ0n) is 10.3. The van der Waals surface area contributed by atoms with Crippen molar-refractivity contribution in [3.05, 3.63) is 28.3 Å². The van der Waals surface area contributed by atoms with E-state index >= 15 is 0 Å². The molecule has 1 N–H and O–H groups in total. The molecule has 0 fully saturated rings. The zero-order chi connectivity index (χ0) is 11.8. The summed E-state index contributed by atoms with van der Waals surface area (Å²) in [5.74, 6) is 0.617. The lowest BCUT2D eigenvalue weighted by atomic mass is 9.77. The van der Waals surface area contributed by atoms with E-state index in [0.29, 0.717) is 5.88 Å². The van der Waals surface area contributed by atoms with Crippen molar-refractivity contribution in [2.24, 2.45) is 0 Å². The maximum Gasteiger partial charge on any atom is 0.0459 e. The summed E-state index contributed by atoms with van der Waals surface area (Å²) in [4.78, 5) is 0. The highest BCUT2D eigenvalue weighted by Crippen LogP contribution is 2.39. The van der Waals surface area contributed by atoms with Gasteiger partial charge in [0.2, 0.25) is 0 Å². The maximum atomic E-state index is 6.23. The average molecular weight is 269 g/mol. The number of benzene rings is 1. The van der Waals surface area contributed by atoms with Crippen molar-refractivity contribution in [1.29, 1.82) is 0 Å². The highest BCUT2D eigenvalue weighted by Gasteiger charge is 2.28. The second kappa shape index (κ2) is 5.54. The second-order valence-electron chi connectivity index (χ2n) is 4.99. The Morgan fingerprint density at radius 2 is 2.06 bits per heavy atom. The Morgan fingerprint density at radius 1 is 1.35 bits per heavy atom. The highest BCUT2D eigenvalue weighted by atomic mass is 35.5. The minimum Gasteiger partial charge on any atom is -0.385 e. The third-order valence-electron chi connectivity index (χ3n) is 3.34.